The number of ether oxygens (including phenoxy) is 1. The van der Waals surface area contributed by atoms with Crippen LogP contribution in [-0.2, 0) is 4.74 Å². The normalized spacial score (nSPS) is 35.0. The lowest BCUT2D eigenvalue weighted by molar-refractivity contribution is 0.144. The Labute approximate surface area is 94.6 Å². The minimum atomic E-state index is 0.506. The van der Waals surface area contributed by atoms with Crippen LogP contribution in [0.3, 0.4) is 0 Å². The van der Waals surface area contributed by atoms with Crippen molar-refractivity contribution in [3.63, 3.8) is 0 Å². The van der Waals surface area contributed by atoms with Crippen molar-refractivity contribution >= 4 is 0 Å². The summed E-state index contributed by atoms with van der Waals surface area (Å²) in [6, 6.07) is 0. The molecule has 0 spiro atoms. The molecule has 1 saturated carbocycles. The van der Waals surface area contributed by atoms with Gasteiger partial charge in [-0.25, -0.2) is 0 Å². The van der Waals surface area contributed by atoms with Gasteiger partial charge in [-0.2, -0.15) is 0 Å². The van der Waals surface area contributed by atoms with Crippen LogP contribution in [0.15, 0.2) is 0 Å². The van der Waals surface area contributed by atoms with Gasteiger partial charge < -0.3 is 4.74 Å². The zero-order valence-corrected chi connectivity index (χ0v) is 10.5. The van der Waals surface area contributed by atoms with E-state index < -0.39 is 0 Å². The van der Waals surface area contributed by atoms with Crippen LogP contribution >= 0.6 is 0 Å². The summed E-state index contributed by atoms with van der Waals surface area (Å²) in [6.45, 7) is 6.99. The molecule has 0 aromatic rings. The molecule has 0 amide bonds. The molecule has 1 nitrogen and oxygen atoms in total. The summed E-state index contributed by atoms with van der Waals surface area (Å²) >= 11 is 0. The van der Waals surface area contributed by atoms with Gasteiger partial charge in [-0.3, -0.25) is 0 Å². The van der Waals surface area contributed by atoms with E-state index in [1.807, 2.05) is 0 Å². The van der Waals surface area contributed by atoms with Crippen LogP contribution in [0.25, 0.3) is 0 Å². The van der Waals surface area contributed by atoms with E-state index in [1.54, 1.807) is 0 Å². The summed E-state index contributed by atoms with van der Waals surface area (Å²) in [5, 5.41) is 0. The molecule has 1 saturated heterocycles. The van der Waals surface area contributed by atoms with E-state index >= 15 is 0 Å². The second kappa shape index (κ2) is 4.45. The Balaban J connectivity index is 2.01. The Morgan fingerprint density at radius 1 is 1.13 bits per heavy atom. The zero-order valence-electron chi connectivity index (χ0n) is 10.5. The Morgan fingerprint density at radius 3 is 2.40 bits per heavy atom. The van der Waals surface area contributed by atoms with E-state index in [1.165, 1.54) is 38.5 Å². The third-order valence-corrected chi connectivity index (χ3v) is 4.74. The molecule has 1 aliphatic heterocycles. The first-order valence-electron chi connectivity index (χ1n) is 6.75. The molecular formula is C14H25O. The number of fused-ring (bicyclic) bond motifs is 1. The smallest absolute Gasteiger partial charge is 0.0844 e. The van der Waals surface area contributed by atoms with Crippen LogP contribution in [0.1, 0.15) is 59.3 Å². The van der Waals surface area contributed by atoms with Gasteiger partial charge in [0.15, 0.2) is 0 Å². The summed E-state index contributed by atoms with van der Waals surface area (Å²) in [5.74, 6) is 0.885. The molecule has 0 aromatic heterocycles. The van der Waals surface area contributed by atoms with E-state index in [-0.39, 0.29) is 0 Å². The number of hydrogen-bond acceptors (Lipinski definition) is 1. The minimum Gasteiger partial charge on any atom is -0.370 e. The van der Waals surface area contributed by atoms with Gasteiger partial charge in [0.05, 0.1) is 12.2 Å². The Kier molecular flexibility index (Phi) is 3.39. The lowest BCUT2D eigenvalue weighted by atomic mass is 9.63. The molecule has 2 aliphatic rings. The molecule has 0 aromatic carbocycles. The highest BCUT2D eigenvalue weighted by Crippen LogP contribution is 2.50. The van der Waals surface area contributed by atoms with Gasteiger partial charge >= 0.3 is 0 Å². The molecular weight excluding hydrogens is 184 g/mol. The Hall–Kier alpha value is -0.0400. The van der Waals surface area contributed by atoms with Crippen LogP contribution in [0.5, 0.6) is 0 Å². The SMILES string of the molecule is CC[CH]C(CC)(CC)C1CCC2OC2C1. The maximum absolute atomic E-state index is 5.66. The highest BCUT2D eigenvalue weighted by molar-refractivity contribution is 5.02. The molecule has 2 fully saturated rings. The molecule has 2 rings (SSSR count). The van der Waals surface area contributed by atoms with E-state index in [0.717, 1.165) is 5.92 Å². The molecule has 1 heteroatoms. The summed E-state index contributed by atoms with van der Waals surface area (Å²) < 4.78 is 5.66. The molecule has 1 aliphatic carbocycles. The average Bonchev–Trinajstić information content (AvgIpc) is 3.04. The van der Waals surface area contributed by atoms with Crippen molar-refractivity contribution in [1.29, 1.82) is 0 Å². The number of hydrogen-bond donors (Lipinski definition) is 0. The van der Waals surface area contributed by atoms with Gasteiger partial charge in [-0.05, 0) is 49.9 Å². The fourth-order valence-corrected chi connectivity index (χ4v) is 3.62. The zero-order chi connectivity index (χ0) is 10.9. The van der Waals surface area contributed by atoms with E-state index in [9.17, 15) is 0 Å². The largest absolute Gasteiger partial charge is 0.370 e. The second-order valence-electron chi connectivity index (χ2n) is 5.28. The second-order valence-corrected chi connectivity index (χ2v) is 5.28. The van der Waals surface area contributed by atoms with E-state index in [4.69, 9.17) is 4.74 Å². The molecule has 87 valence electrons. The predicted octanol–water partition coefficient (Wildman–Crippen LogP) is 3.97. The molecule has 15 heavy (non-hydrogen) atoms. The Morgan fingerprint density at radius 2 is 1.87 bits per heavy atom. The minimum absolute atomic E-state index is 0.506. The van der Waals surface area contributed by atoms with Crippen molar-refractivity contribution in [3.8, 4) is 0 Å². The molecule has 3 unspecified atom stereocenters. The summed E-state index contributed by atoms with van der Waals surface area (Å²) in [7, 11) is 0. The lowest BCUT2D eigenvalue weighted by Gasteiger charge is -2.41. The first-order valence-corrected chi connectivity index (χ1v) is 6.75. The summed E-state index contributed by atoms with van der Waals surface area (Å²) in [6.07, 6.45) is 11.7. The fraction of sp³-hybridized carbons (Fsp3) is 0.929. The van der Waals surface area contributed by atoms with Crippen molar-refractivity contribution in [2.75, 3.05) is 0 Å². The van der Waals surface area contributed by atoms with Crippen molar-refractivity contribution in [2.45, 2.75) is 71.5 Å². The molecule has 1 heterocycles. The van der Waals surface area contributed by atoms with Crippen LogP contribution in [-0.4, -0.2) is 12.2 Å². The number of rotatable bonds is 5. The van der Waals surface area contributed by atoms with Crippen LogP contribution in [0, 0.1) is 17.8 Å². The molecule has 1 radical (unpaired) electrons. The molecule has 0 bridgehead atoms. The number of epoxide rings is 1. The maximum Gasteiger partial charge on any atom is 0.0844 e. The van der Waals surface area contributed by atoms with Gasteiger partial charge in [0.2, 0.25) is 0 Å². The lowest BCUT2D eigenvalue weighted by Crippen LogP contribution is -2.33. The first kappa shape index (κ1) is 11.4. The monoisotopic (exact) mass is 209 g/mol. The van der Waals surface area contributed by atoms with E-state index in [2.05, 4.69) is 27.2 Å². The van der Waals surface area contributed by atoms with E-state index in [0.29, 0.717) is 17.6 Å². The first-order chi connectivity index (χ1) is 7.25. The topological polar surface area (TPSA) is 12.5 Å². The highest BCUT2D eigenvalue weighted by Gasteiger charge is 2.48. The quantitative estimate of drug-likeness (QED) is 0.624. The predicted molar refractivity (Wildman–Crippen MR) is 63.6 cm³/mol. The van der Waals surface area contributed by atoms with Crippen LogP contribution in [0.2, 0.25) is 0 Å². The summed E-state index contributed by atoms with van der Waals surface area (Å²) in [5.41, 5.74) is 0.506. The van der Waals surface area contributed by atoms with Crippen LogP contribution < -0.4 is 0 Å². The summed E-state index contributed by atoms with van der Waals surface area (Å²) in [4.78, 5) is 0. The third-order valence-electron chi connectivity index (χ3n) is 4.74. The molecule has 0 N–H and O–H groups in total. The van der Waals surface area contributed by atoms with Gasteiger partial charge in [-0.1, -0.05) is 27.2 Å². The van der Waals surface area contributed by atoms with Crippen molar-refractivity contribution in [3.05, 3.63) is 6.42 Å². The van der Waals surface area contributed by atoms with Gasteiger partial charge in [0.25, 0.3) is 0 Å². The van der Waals surface area contributed by atoms with Gasteiger partial charge in [0, 0.05) is 0 Å². The standard InChI is InChI=1S/C14H25O/c1-4-9-14(5-2,6-3)11-7-8-12-13(10-11)15-12/h9,11-13H,4-8,10H2,1-3H3. The van der Waals surface area contributed by atoms with Crippen LogP contribution in [0.4, 0.5) is 0 Å². The Bertz CT molecular complexity index is 207. The van der Waals surface area contributed by atoms with Gasteiger partial charge in [-0.15, -0.1) is 0 Å². The average molecular weight is 209 g/mol. The highest BCUT2D eigenvalue weighted by atomic mass is 16.6. The van der Waals surface area contributed by atoms with Gasteiger partial charge in [0.1, 0.15) is 0 Å². The van der Waals surface area contributed by atoms with Crippen molar-refractivity contribution in [1.82, 2.24) is 0 Å². The van der Waals surface area contributed by atoms with Crippen molar-refractivity contribution in [2.24, 2.45) is 11.3 Å². The van der Waals surface area contributed by atoms with Crippen molar-refractivity contribution < 1.29 is 4.74 Å². The third kappa shape index (κ3) is 2.08. The fourth-order valence-electron chi connectivity index (χ4n) is 3.62. The molecule has 3 atom stereocenters. The maximum atomic E-state index is 5.66.